The van der Waals surface area contributed by atoms with Crippen molar-refractivity contribution in [2.45, 2.75) is 12.6 Å². The van der Waals surface area contributed by atoms with Crippen LogP contribution in [0.2, 0.25) is 0 Å². The third-order valence-electron chi connectivity index (χ3n) is 2.52. The zero-order valence-electron chi connectivity index (χ0n) is 7.93. The van der Waals surface area contributed by atoms with Gasteiger partial charge in [-0.2, -0.15) is 5.10 Å². The molecule has 0 amide bonds. The molecule has 15 heavy (non-hydrogen) atoms. The second-order valence-corrected chi connectivity index (χ2v) is 4.35. The molecule has 0 saturated carbocycles. The van der Waals surface area contributed by atoms with Gasteiger partial charge in [-0.25, -0.2) is 4.68 Å². The second-order valence-electron chi connectivity index (χ2n) is 3.49. The van der Waals surface area contributed by atoms with Gasteiger partial charge in [0, 0.05) is 24.4 Å². The van der Waals surface area contributed by atoms with Crippen molar-refractivity contribution in [2.75, 3.05) is 0 Å². The van der Waals surface area contributed by atoms with Gasteiger partial charge in [0.1, 0.15) is 5.75 Å². The number of fused-ring (bicyclic) bond motifs is 1. The van der Waals surface area contributed by atoms with Crippen molar-refractivity contribution in [1.82, 2.24) is 9.78 Å². The molecule has 1 unspecified atom stereocenters. The summed E-state index contributed by atoms with van der Waals surface area (Å²) in [7, 11) is 0. The number of para-hydroxylation sites is 1. The van der Waals surface area contributed by atoms with Gasteiger partial charge < -0.3 is 4.74 Å². The van der Waals surface area contributed by atoms with Crippen molar-refractivity contribution in [1.29, 1.82) is 0 Å². The second kappa shape index (κ2) is 3.38. The summed E-state index contributed by atoms with van der Waals surface area (Å²) >= 11 is 3.48. The quantitative estimate of drug-likeness (QED) is 0.792. The van der Waals surface area contributed by atoms with Gasteiger partial charge in [0.15, 0.2) is 6.23 Å². The first kappa shape index (κ1) is 8.97. The van der Waals surface area contributed by atoms with Gasteiger partial charge in [-0.3, -0.25) is 0 Å². The van der Waals surface area contributed by atoms with Crippen molar-refractivity contribution in [2.24, 2.45) is 0 Å². The lowest BCUT2D eigenvalue weighted by Gasteiger charge is -2.10. The molecule has 0 aliphatic carbocycles. The van der Waals surface area contributed by atoms with Gasteiger partial charge in [0.25, 0.3) is 0 Å². The molecule has 76 valence electrons. The number of halogens is 1. The molecule has 0 fully saturated rings. The van der Waals surface area contributed by atoms with Crippen LogP contribution in [0.15, 0.2) is 41.1 Å². The van der Waals surface area contributed by atoms with Crippen LogP contribution in [-0.4, -0.2) is 9.78 Å². The first-order chi connectivity index (χ1) is 7.34. The molecule has 0 N–H and O–H groups in total. The Morgan fingerprint density at radius 3 is 3.07 bits per heavy atom. The highest BCUT2D eigenvalue weighted by Gasteiger charge is 2.25. The van der Waals surface area contributed by atoms with Crippen LogP contribution in [0.1, 0.15) is 11.8 Å². The maximum atomic E-state index is 5.84. The molecule has 1 aromatic carbocycles. The van der Waals surface area contributed by atoms with Crippen LogP contribution in [0.3, 0.4) is 0 Å². The number of hydrogen-bond acceptors (Lipinski definition) is 2. The topological polar surface area (TPSA) is 27.1 Å². The van der Waals surface area contributed by atoms with Crippen LogP contribution in [0.5, 0.6) is 5.75 Å². The number of rotatable bonds is 1. The molecule has 1 aliphatic heterocycles. The fourth-order valence-corrected chi connectivity index (χ4v) is 2.31. The van der Waals surface area contributed by atoms with E-state index in [2.05, 4.69) is 27.1 Å². The number of ether oxygens (including phenoxy) is 1. The van der Waals surface area contributed by atoms with E-state index in [4.69, 9.17) is 4.74 Å². The van der Waals surface area contributed by atoms with E-state index in [1.165, 1.54) is 5.56 Å². The van der Waals surface area contributed by atoms with Crippen LogP contribution in [-0.2, 0) is 6.42 Å². The van der Waals surface area contributed by atoms with Gasteiger partial charge >= 0.3 is 0 Å². The molecular formula is C11H9BrN2O. The van der Waals surface area contributed by atoms with Gasteiger partial charge in [-0.1, -0.05) is 12.1 Å². The Hall–Kier alpha value is -1.29. The van der Waals surface area contributed by atoms with E-state index in [1.54, 1.807) is 6.20 Å². The minimum Gasteiger partial charge on any atom is -0.467 e. The molecule has 1 aliphatic rings. The fraction of sp³-hybridized carbons (Fsp3) is 0.182. The zero-order chi connectivity index (χ0) is 10.3. The van der Waals surface area contributed by atoms with Crippen LogP contribution < -0.4 is 4.74 Å². The van der Waals surface area contributed by atoms with Gasteiger partial charge in [-0.05, 0) is 28.1 Å². The lowest BCUT2D eigenvalue weighted by Crippen LogP contribution is -2.13. The third-order valence-corrected chi connectivity index (χ3v) is 3.14. The molecule has 0 radical (unpaired) electrons. The van der Waals surface area contributed by atoms with Crippen molar-refractivity contribution < 1.29 is 4.74 Å². The Labute approximate surface area is 95.8 Å². The van der Waals surface area contributed by atoms with E-state index in [0.29, 0.717) is 0 Å². The molecule has 0 saturated heterocycles. The summed E-state index contributed by atoms with van der Waals surface area (Å²) in [6.45, 7) is 0. The highest BCUT2D eigenvalue weighted by atomic mass is 79.9. The van der Waals surface area contributed by atoms with Crippen molar-refractivity contribution in [3.8, 4) is 5.75 Å². The average Bonchev–Trinajstić information content (AvgIpc) is 2.86. The van der Waals surface area contributed by atoms with E-state index in [9.17, 15) is 0 Å². The van der Waals surface area contributed by atoms with Crippen LogP contribution in [0, 0.1) is 0 Å². The third kappa shape index (κ3) is 1.45. The van der Waals surface area contributed by atoms with Crippen molar-refractivity contribution in [3.05, 3.63) is 46.7 Å². The molecule has 3 nitrogen and oxygen atoms in total. The van der Waals surface area contributed by atoms with Crippen molar-refractivity contribution >= 4 is 15.9 Å². The Kier molecular flexibility index (Phi) is 2.02. The SMILES string of the molecule is Brc1cccc2c1OC(n1cccn1)C2. The van der Waals surface area contributed by atoms with Crippen LogP contribution >= 0.6 is 15.9 Å². The summed E-state index contributed by atoms with van der Waals surface area (Å²) in [5.74, 6) is 0.943. The lowest BCUT2D eigenvalue weighted by molar-refractivity contribution is 0.144. The normalized spacial score (nSPS) is 18.6. The van der Waals surface area contributed by atoms with Crippen molar-refractivity contribution in [3.63, 3.8) is 0 Å². The minimum absolute atomic E-state index is 0.00583. The predicted octanol–water partition coefficient (Wildman–Crippen LogP) is 2.78. The highest BCUT2D eigenvalue weighted by Crippen LogP contribution is 2.38. The Morgan fingerprint density at radius 1 is 1.40 bits per heavy atom. The first-order valence-electron chi connectivity index (χ1n) is 4.78. The molecule has 1 atom stereocenters. The molecule has 2 heterocycles. The summed E-state index contributed by atoms with van der Waals surface area (Å²) in [6.07, 6.45) is 4.55. The number of nitrogens with zero attached hydrogens (tertiary/aromatic N) is 2. The number of benzene rings is 1. The Morgan fingerprint density at radius 2 is 2.33 bits per heavy atom. The monoisotopic (exact) mass is 264 g/mol. The van der Waals surface area contributed by atoms with E-state index >= 15 is 0 Å². The molecule has 2 aromatic rings. The average molecular weight is 265 g/mol. The number of aromatic nitrogens is 2. The molecule has 4 heteroatoms. The lowest BCUT2D eigenvalue weighted by atomic mass is 10.1. The van der Waals surface area contributed by atoms with E-state index in [-0.39, 0.29) is 6.23 Å². The summed E-state index contributed by atoms with van der Waals surface area (Å²) in [6, 6.07) is 8.01. The van der Waals surface area contributed by atoms with Gasteiger partial charge in [0.05, 0.1) is 4.47 Å². The first-order valence-corrected chi connectivity index (χ1v) is 5.57. The fourth-order valence-electron chi connectivity index (χ4n) is 1.81. The maximum Gasteiger partial charge on any atom is 0.195 e. The van der Waals surface area contributed by atoms with E-state index < -0.39 is 0 Å². The van der Waals surface area contributed by atoms with Gasteiger partial charge in [0.2, 0.25) is 0 Å². The van der Waals surface area contributed by atoms with Crippen LogP contribution in [0.4, 0.5) is 0 Å². The van der Waals surface area contributed by atoms with Gasteiger partial charge in [-0.15, -0.1) is 0 Å². The smallest absolute Gasteiger partial charge is 0.195 e. The largest absolute Gasteiger partial charge is 0.467 e. The Balaban J connectivity index is 1.96. The van der Waals surface area contributed by atoms with E-state index in [0.717, 1.165) is 16.6 Å². The molecule has 0 spiro atoms. The summed E-state index contributed by atoms with van der Waals surface area (Å²) < 4.78 is 8.68. The zero-order valence-corrected chi connectivity index (χ0v) is 9.52. The Bertz CT molecular complexity index is 481. The maximum absolute atomic E-state index is 5.84. The summed E-state index contributed by atoms with van der Waals surface area (Å²) in [4.78, 5) is 0. The standard InChI is InChI=1S/C11H9BrN2O/c12-9-4-1-3-8-7-10(15-11(8)9)14-6-2-5-13-14/h1-6,10H,7H2. The van der Waals surface area contributed by atoms with Crippen LogP contribution in [0.25, 0.3) is 0 Å². The predicted molar refractivity (Wildman–Crippen MR) is 59.7 cm³/mol. The molecule has 0 bridgehead atoms. The summed E-state index contributed by atoms with van der Waals surface area (Å²) in [5, 5.41) is 4.19. The number of hydrogen-bond donors (Lipinski definition) is 0. The summed E-state index contributed by atoms with van der Waals surface area (Å²) in [5.41, 5.74) is 1.23. The van der Waals surface area contributed by atoms with E-state index in [1.807, 2.05) is 29.1 Å². The highest BCUT2D eigenvalue weighted by molar-refractivity contribution is 9.10. The molecule has 1 aromatic heterocycles. The molecule has 3 rings (SSSR count). The minimum atomic E-state index is -0.00583. The molecular weight excluding hydrogens is 256 g/mol.